The smallest absolute Gasteiger partial charge is 0.318 e. The summed E-state index contributed by atoms with van der Waals surface area (Å²) in [6, 6.07) is 15.5. The number of amides is 3. The zero-order chi connectivity index (χ0) is 19.9. The van der Waals surface area contributed by atoms with E-state index >= 15 is 0 Å². The molecule has 1 unspecified atom stereocenters. The number of benzene rings is 1. The van der Waals surface area contributed by atoms with Crippen molar-refractivity contribution in [2.75, 3.05) is 26.7 Å². The Labute approximate surface area is 165 Å². The lowest BCUT2D eigenvalue weighted by atomic mass is 10.2. The van der Waals surface area contributed by atoms with Crippen molar-refractivity contribution in [1.82, 2.24) is 20.1 Å². The zero-order valence-corrected chi connectivity index (χ0v) is 16.3. The lowest BCUT2D eigenvalue weighted by Gasteiger charge is -2.31. The normalized spacial score (nSPS) is 16.7. The number of pyridine rings is 1. The number of likely N-dealkylation sites (N-methyl/N-ethyl adjacent to an activating group) is 1. The van der Waals surface area contributed by atoms with Crippen LogP contribution in [0.5, 0.6) is 0 Å². The Hall–Kier alpha value is -2.93. The quantitative estimate of drug-likeness (QED) is 0.829. The molecular weight excluding hydrogens is 356 g/mol. The van der Waals surface area contributed by atoms with E-state index in [-0.39, 0.29) is 24.6 Å². The molecule has 1 aromatic heterocycles. The van der Waals surface area contributed by atoms with Gasteiger partial charge in [0.15, 0.2) is 0 Å². The number of carbonyl (C=O) groups excluding carboxylic acids is 2. The van der Waals surface area contributed by atoms with Crippen molar-refractivity contribution in [2.45, 2.75) is 26.1 Å². The number of hydrogen-bond donors (Lipinski definition) is 1. The molecule has 1 aromatic carbocycles. The van der Waals surface area contributed by atoms with Crippen molar-refractivity contribution in [1.29, 1.82) is 0 Å². The van der Waals surface area contributed by atoms with E-state index in [1.54, 1.807) is 16.8 Å². The largest absolute Gasteiger partial charge is 0.365 e. The molecule has 7 nitrogen and oxygen atoms in total. The van der Waals surface area contributed by atoms with Crippen LogP contribution in [0.15, 0.2) is 48.5 Å². The number of urea groups is 1. The predicted molar refractivity (Wildman–Crippen MR) is 105 cm³/mol. The Morgan fingerprint density at radius 2 is 2.00 bits per heavy atom. The number of nitrogens with zero attached hydrogens (tertiary/aromatic N) is 3. The van der Waals surface area contributed by atoms with E-state index in [1.807, 2.05) is 55.5 Å². The zero-order valence-electron chi connectivity index (χ0n) is 16.3. The number of aryl methyl sites for hydroxylation is 1. The Balaban J connectivity index is 1.64. The van der Waals surface area contributed by atoms with Crippen LogP contribution in [0.25, 0.3) is 0 Å². The summed E-state index contributed by atoms with van der Waals surface area (Å²) in [5, 5.41) is 2.94. The van der Waals surface area contributed by atoms with Crippen molar-refractivity contribution >= 4 is 11.9 Å². The van der Waals surface area contributed by atoms with E-state index in [2.05, 4.69) is 10.3 Å². The van der Waals surface area contributed by atoms with Crippen LogP contribution in [0.1, 0.15) is 17.0 Å². The van der Waals surface area contributed by atoms with Gasteiger partial charge in [-0.15, -0.1) is 0 Å². The second kappa shape index (κ2) is 9.32. The molecular formula is C21H26N4O3. The molecule has 1 saturated heterocycles. The highest BCUT2D eigenvalue weighted by Gasteiger charge is 2.24. The molecule has 0 spiro atoms. The number of nitrogens with one attached hydrogen (secondary N) is 1. The number of morpholine rings is 1. The van der Waals surface area contributed by atoms with Crippen LogP contribution in [0.2, 0.25) is 0 Å². The third-order valence-corrected chi connectivity index (χ3v) is 4.63. The highest BCUT2D eigenvalue weighted by atomic mass is 16.5. The molecule has 1 N–H and O–H groups in total. The molecule has 2 heterocycles. The van der Waals surface area contributed by atoms with Gasteiger partial charge in [-0.1, -0.05) is 36.4 Å². The molecule has 3 rings (SSSR count). The lowest BCUT2D eigenvalue weighted by molar-refractivity contribution is -0.146. The van der Waals surface area contributed by atoms with E-state index < -0.39 is 0 Å². The second-order valence-corrected chi connectivity index (χ2v) is 7.01. The van der Waals surface area contributed by atoms with Crippen LogP contribution >= 0.6 is 0 Å². The monoisotopic (exact) mass is 382 g/mol. The van der Waals surface area contributed by atoms with E-state index in [9.17, 15) is 9.59 Å². The first-order chi connectivity index (χ1) is 13.5. The molecule has 0 bridgehead atoms. The molecule has 1 atom stereocenters. The van der Waals surface area contributed by atoms with Gasteiger partial charge in [0, 0.05) is 32.4 Å². The fourth-order valence-electron chi connectivity index (χ4n) is 3.08. The van der Waals surface area contributed by atoms with Gasteiger partial charge in [-0.3, -0.25) is 9.78 Å². The van der Waals surface area contributed by atoms with Crippen LogP contribution in [0.4, 0.5) is 4.79 Å². The summed E-state index contributed by atoms with van der Waals surface area (Å²) < 4.78 is 5.51. The predicted octanol–water partition coefficient (Wildman–Crippen LogP) is 1.96. The van der Waals surface area contributed by atoms with Gasteiger partial charge in [0.2, 0.25) is 5.91 Å². The first-order valence-electron chi connectivity index (χ1n) is 9.36. The molecule has 28 heavy (non-hydrogen) atoms. The van der Waals surface area contributed by atoms with Crippen molar-refractivity contribution in [3.8, 4) is 0 Å². The minimum absolute atomic E-state index is 0.0428. The van der Waals surface area contributed by atoms with Crippen molar-refractivity contribution in [3.63, 3.8) is 0 Å². The highest BCUT2D eigenvalue weighted by molar-refractivity contribution is 5.78. The maximum absolute atomic E-state index is 12.9. The van der Waals surface area contributed by atoms with Gasteiger partial charge < -0.3 is 19.9 Å². The summed E-state index contributed by atoms with van der Waals surface area (Å²) in [5.41, 5.74) is 2.80. The molecule has 2 aromatic rings. The first-order valence-corrected chi connectivity index (χ1v) is 9.36. The molecule has 0 aliphatic carbocycles. The molecule has 1 aliphatic heterocycles. The number of aromatic nitrogens is 1. The van der Waals surface area contributed by atoms with Gasteiger partial charge in [-0.25, -0.2) is 4.79 Å². The maximum atomic E-state index is 12.9. The molecule has 148 valence electrons. The summed E-state index contributed by atoms with van der Waals surface area (Å²) in [7, 11) is 1.74. The van der Waals surface area contributed by atoms with Crippen LogP contribution in [0, 0.1) is 6.92 Å². The Kier molecular flexibility index (Phi) is 6.60. The van der Waals surface area contributed by atoms with Gasteiger partial charge in [-0.2, -0.15) is 0 Å². The van der Waals surface area contributed by atoms with E-state index in [1.165, 1.54) is 0 Å². The van der Waals surface area contributed by atoms with Crippen molar-refractivity contribution in [3.05, 3.63) is 65.5 Å². The fourth-order valence-corrected chi connectivity index (χ4v) is 3.08. The van der Waals surface area contributed by atoms with E-state index in [0.29, 0.717) is 26.2 Å². The molecule has 0 saturated carbocycles. The van der Waals surface area contributed by atoms with Crippen LogP contribution in [-0.2, 0) is 22.6 Å². The average Bonchev–Trinajstić information content (AvgIpc) is 2.69. The third-order valence-electron chi connectivity index (χ3n) is 4.63. The molecule has 1 aliphatic rings. The van der Waals surface area contributed by atoms with Crippen LogP contribution in [-0.4, -0.2) is 59.6 Å². The Morgan fingerprint density at radius 1 is 1.21 bits per heavy atom. The highest BCUT2D eigenvalue weighted by Crippen LogP contribution is 2.10. The first kappa shape index (κ1) is 19.8. The van der Waals surface area contributed by atoms with E-state index in [4.69, 9.17) is 4.74 Å². The SMILES string of the molecule is Cc1cccc(CN(Cc2ccccc2)C(=O)NCC2CN(C)C(=O)CO2)n1. The average molecular weight is 382 g/mol. The molecule has 3 amide bonds. The number of hydrogen-bond acceptors (Lipinski definition) is 4. The van der Waals surface area contributed by atoms with Crippen LogP contribution in [0.3, 0.4) is 0 Å². The summed E-state index contributed by atoms with van der Waals surface area (Å²) in [5.74, 6) is -0.0428. The lowest BCUT2D eigenvalue weighted by Crippen LogP contribution is -2.50. The number of ether oxygens (including phenoxy) is 1. The maximum Gasteiger partial charge on any atom is 0.318 e. The number of carbonyl (C=O) groups is 2. The van der Waals surface area contributed by atoms with Crippen LogP contribution < -0.4 is 5.32 Å². The van der Waals surface area contributed by atoms with Gasteiger partial charge in [-0.05, 0) is 24.6 Å². The summed E-state index contributed by atoms with van der Waals surface area (Å²) >= 11 is 0. The van der Waals surface area contributed by atoms with Crippen molar-refractivity contribution in [2.24, 2.45) is 0 Å². The van der Waals surface area contributed by atoms with Crippen molar-refractivity contribution < 1.29 is 14.3 Å². The second-order valence-electron chi connectivity index (χ2n) is 7.01. The van der Waals surface area contributed by atoms with Gasteiger partial charge in [0.25, 0.3) is 0 Å². The number of rotatable bonds is 6. The summed E-state index contributed by atoms with van der Waals surface area (Å²) in [6.07, 6.45) is -0.206. The fraction of sp³-hybridized carbons (Fsp3) is 0.381. The minimum Gasteiger partial charge on any atom is -0.365 e. The van der Waals surface area contributed by atoms with Gasteiger partial charge >= 0.3 is 6.03 Å². The topological polar surface area (TPSA) is 74.8 Å². The third kappa shape index (κ3) is 5.53. The van der Waals surface area contributed by atoms with Gasteiger partial charge in [0.05, 0.1) is 18.3 Å². The molecule has 7 heteroatoms. The summed E-state index contributed by atoms with van der Waals surface area (Å²) in [6.45, 7) is 3.69. The Bertz CT molecular complexity index is 812. The molecule has 0 radical (unpaired) electrons. The summed E-state index contributed by atoms with van der Waals surface area (Å²) in [4.78, 5) is 32.3. The Morgan fingerprint density at radius 3 is 2.71 bits per heavy atom. The van der Waals surface area contributed by atoms with Gasteiger partial charge in [0.1, 0.15) is 6.61 Å². The van der Waals surface area contributed by atoms with E-state index in [0.717, 1.165) is 17.0 Å². The molecule has 1 fully saturated rings. The standard InChI is InChI=1S/C21H26N4O3/c1-16-7-6-10-18(23-16)13-25(12-17-8-4-3-5-9-17)21(27)22-11-19-14-24(2)20(26)15-28-19/h3-10,19H,11-15H2,1-2H3,(H,22,27). The minimum atomic E-state index is -0.206.